The Morgan fingerprint density at radius 3 is 2.72 bits per heavy atom. The van der Waals surface area contributed by atoms with E-state index in [2.05, 4.69) is 45.0 Å². The third kappa shape index (κ3) is 4.22. The number of anilines is 1. The fourth-order valence-corrected chi connectivity index (χ4v) is 4.28. The van der Waals surface area contributed by atoms with Crippen LogP contribution in [0.3, 0.4) is 0 Å². The predicted octanol–water partition coefficient (Wildman–Crippen LogP) is 3.76. The maximum atomic E-state index is 13.5. The zero-order chi connectivity index (χ0) is 22.1. The molecule has 6 nitrogen and oxygen atoms in total. The monoisotopic (exact) mass is 430 g/mol. The van der Waals surface area contributed by atoms with Crippen molar-refractivity contribution in [1.29, 1.82) is 0 Å². The fourth-order valence-electron chi connectivity index (χ4n) is 4.28. The van der Waals surface area contributed by atoms with Gasteiger partial charge in [0.05, 0.1) is 17.1 Å². The summed E-state index contributed by atoms with van der Waals surface area (Å²) in [5, 5.41) is 0. The van der Waals surface area contributed by atoms with Gasteiger partial charge in [-0.1, -0.05) is 18.2 Å². The van der Waals surface area contributed by atoms with Crippen molar-refractivity contribution >= 4 is 16.9 Å². The Balaban J connectivity index is 1.42. The van der Waals surface area contributed by atoms with E-state index in [-0.39, 0.29) is 11.9 Å². The summed E-state index contributed by atoms with van der Waals surface area (Å²) >= 11 is 0. The predicted molar refractivity (Wildman–Crippen MR) is 126 cm³/mol. The second-order valence-corrected chi connectivity index (χ2v) is 8.46. The van der Waals surface area contributed by atoms with E-state index < -0.39 is 0 Å². The van der Waals surface area contributed by atoms with Crippen LogP contribution in [0.5, 0.6) is 0 Å². The van der Waals surface area contributed by atoms with E-state index in [0.717, 1.165) is 59.7 Å². The van der Waals surface area contributed by atoms with Crippen molar-refractivity contribution in [1.82, 2.24) is 19.9 Å². The van der Waals surface area contributed by atoms with Crippen LogP contribution in [0.15, 0.2) is 60.8 Å². The number of aromatic nitrogens is 3. The molecule has 0 saturated carbocycles. The van der Waals surface area contributed by atoms with Crippen molar-refractivity contribution in [3.05, 3.63) is 78.0 Å². The van der Waals surface area contributed by atoms with E-state index in [4.69, 9.17) is 10.7 Å². The molecule has 1 fully saturated rings. The number of hydrogen-bond donors (Lipinski definition) is 2. The molecule has 5 rings (SSSR count). The Labute approximate surface area is 186 Å². The number of H-pyrrole nitrogens is 1. The van der Waals surface area contributed by atoms with Crippen molar-refractivity contribution in [3.8, 4) is 11.1 Å². The molecular weight excluding hydrogens is 403 g/mol. The number of likely N-dealkylation sites (N-methyl/N-ethyl adjacent to an activating group) is 1. The molecule has 0 radical (unpaired) electrons. The molecule has 2 aromatic heterocycles. The second kappa shape index (κ2) is 8.68. The quantitative estimate of drug-likeness (QED) is 0.504. The van der Waals surface area contributed by atoms with Gasteiger partial charge in [0.25, 0.3) is 0 Å². The van der Waals surface area contributed by atoms with Gasteiger partial charge in [-0.3, -0.25) is 0 Å². The van der Waals surface area contributed by atoms with Gasteiger partial charge in [0, 0.05) is 37.9 Å². The van der Waals surface area contributed by atoms with E-state index in [0.29, 0.717) is 12.2 Å². The Kier molecular flexibility index (Phi) is 5.59. The molecule has 1 aliphatic rings. The number of fused-ring (bicyclic) bond motifs is 1. The first-order valence-corrected chi connectivity index (χ1v) is 11.0. The Morgan fingerprint density at radius 1 is 1.06 bits per heavy atom. The number of piperazine rings is 1. The fraction of sp³-hybridized carbons (Fsp3) is 0.280. The molecule has 1 saturated heterocycles. The van der Waals surface area contributed by atoms with E-state index in [1.54, 1.807) is 6.07 Å². The summed E-state index contributed by atoms with van der Waals surface area (Å²) < 4.78 is 13.5. The average molecular weight is 431 g/mol. The number of halogens is 1. The summed E-state index contributed by atoms with van der Waals surface area (Å²) in [7, 11) is 2.15. The first kappa shape index (κ1) is 20.6. The molecule has 32 heavy (non-hydrogen) atoms. The van der Waals surface area contributed by atoms with Gasteiger partial charge in [-0.2, -0.15) is 0 Å². The molecule has 0 spiro atoms. The highest BCUT2D eigenvalue weighted by atomic mass is 19.1. The van der Waals surface area contributed by atoms with Gasteiger partial charge in [-0.05, 0) is 61.0 Å². The molecule has 0 bridgehead atoms. The number of benzene rings is 2. The van der Waals surface area contributed by atoms with Gasteiger partial charge >= 0.3 is 0 Å². The Morgan fingerprint density at radius 2 is 1.91 bits per heavy atom. The van der Waals surface area contributed by atoms with Crippen LogP contribution < -0.4 is 10.6 Å². The van der Waals surface area contributed by atoms with Crippen LogP contribution in [-0.4, -0.2) is 53.1 Å². The molecule has 2 aromatic carbocycles. The lowest BCUT2D eigenvalue weighted by Gasteiger charge is -2.34. The molecule has 7 heteroatoms. The van der Waals surface area contributed by atoms with E-state index in [9.17, 15) is 4.39 Å². The first-order chi connectivity index (χ1) is 15.6. The lowest BCUT2D eigenvalue weighted by atomic mass is 10.0. The highest BCUT2D eigenvalue weighted by Crippen LogP contribution is 2.31. The molecule has 3 heterocycles. The molecule has 1 atom stereocenters. The maximum Gasteiger partial charge on any atom is 0.136 e. The topological polar surface area (TPSA) is 74.1 Å². The largest absolute Gasteiger partial charge is 0.354 e. The summed E-state index contributed by atoms with van der Waals surface area (Å²) in [5.74, 6) is 1.46. The van der Waals surface area contributed by atoms with Crippen molar-refractivity contribution < 1.29 is 4.39 Å². The van der Waals surface area contributed by atoms with Gasteiger partial charge in [0.1, 0.15) is 17.5 Å². The minimum atomic E-state index is -0.341. The normalized spacial score (nSPS) is 15.9. The van der Waals surface area contributed by atoms with Crippen molar-refractivity contribution in [2.24, 2.45) is 5.73 Å². The van der Waals surface area contributed by atoms with Gasteiger partial charge in [0.2, 0.25) is 0 Å². The second-order valence-electron chi connectivity index (χ2n) is 8.46. The van der Waals surface area contributed by atoms with Crippen LogP contribution in [0, 0.1) is 5.82 Å². The minimum absolute atomic E-state index is 0.253. The van der Waals surface area contributed by atoms with Gasteiger partial charge in [0.15, 0.2) is 0 Å². The number of nitrogens with one attached hydrogen (secondary N) is 1. The summed E-state index contributed by atoms with van der Waals surface area (Å²) in [6.45, 7) is 3.99. The zero-order valence-corrected chi connectivity index (χ0v) is 18.1. The number of rotatable bonds is 5. The molecular formula is C25H27FN6. The van der Waals surface area contributed by atoms with Crippen molar-refractivity contribution in [2.75, 3.05) is 38.1 Å². The average Bonchev–Trinajstić information content (AvgIpc) is 3.23. The number of nitrogens with two attached hydrogens (primary N) is 1. The van der Waals surface area contributed by atoms with Gasteiger partial charge in [-0.25, -0.2) is 14.4 Å². The minimum Gasteiger partial charge on any atom is -0.354 e. The van der Waals surface area contributed by atoms with Gasteiger partial charge < -0.3 is 20.5 Å². The summed E-state index contributed by atoms with van der Waals surface area (Å²) in [6.07, 6.45) is 2.37. The van der Waals surface area contributed by atoms with E-state index in [1.807, 2.05) is 24.4 Å². The highest BCUT2D eigenvalue weighted by Gasteiger charge is 2.19. The third-order valence-corrected chi connectivity index (χ3v) is 6.10. The number of nitrogens with zero attached hydrogens (tertiary/aromatic N) is 4. The SMILES string of the molecule is CN1CCN(c2ncccc2-c2ccc3nc([C@H](N)Cc4cccc(F)c4)[nH]c3c2)CC1. The van der Waals surface area contributed by atoms with Crippen LogP contribution in [0.4, 0.5) is 10.2 Å². The lowest BCUT2D eigenvalue weighted by Crippen LogP contribution is -2.45. The number of hydrogen-bond acceptors (Lipinski definition) is 5. The molecule has 3 N–H and O–H groups in total. The number of aromatic amines is 1. The molecule has 1 aliphatic heterocycles. The van der Waals surface area contributed by atoms with Crippen LogP contribution in [-0.2, 0) is 6.42 Å². The summed E-state index contributed by atoms with van der Waals surface area (Å²) in [4.78, 5) is 17.4. The van der Waals surface area contributed by atoms with Crippen LogP contribution >= 0.6 is 0 Å². The summed E-state index contributed by atoms with van der Waals surface area (Å²) in [5.41, 5.74) is 11.2. The smallest absolute Gasteiger partial charge is 0.136 e. The lowest BCUT2D eigenvalue weighted by molar-refractivity contribution is 0.312. The van der Waals surface area contributed by atoms with E-state index >= 15 is 0 Å². The van der Waals surface area contributed by atoms with Crippen molar-refractivity contribution in [3.63, 3.8) is 0 Å². The third-order valence-electron chi connectivity index (χ3n) is 6.10. The van der Waals surface area contributed by atoms with Crippen molar-refractivity contribution in [2.45, 2.75) is 12.5 Å². The maximum absolute atomic E-state index is 13.5. The molecule has 0 aliphatic carbocycles. The zero-order valence-electron chi connectivity index (χ0n) is 18.1. The Bertz CT molecular complexity index is 1230. The Hall–Kier alpha value is -3.29. The van der Waals surface area contributed by atoms with Crippen LogP contribution in [0.2, 0.25) is 0 Å². The first-order valence-electron chi connectivity index (χ1n) is 11.0. The number of pyridine rings is 1. The van der Waals surface area contributed by atoms with Crippen LogP contribution in [0.1, 0.15) is 17.4 Å². The highest BCUT2D eigenvalue weighted by molar-refractivity contribution is 5.85. The summed E-state index contributed by atoms with van der Waals surface area (Å²) in [6, 6.07) is 16.5. The molecule has 0 unspecified atom stereocenters. The van der Waals surface area contributed by atoms with E-state index in [1.165, 1.54) is 12.1 Å². The van der Waals surface area contributed by atoms with Gasteiger partial charge in [-0.15, -0.1) is 0 Å². The molecule has 0 amide bonds. The number of imidazole rings is 1. The molecule has 164 valence electrons. The molecule has 4 aromatic rings. The van der Waals surface area contributed by atoms with Crippen LogP contribution in [0.25, 0.3) is 22.2 Å². The standard InChI is InChI=1S/C25H27FN6/c1-31-10-12-32(13-11-31)25-20(6-3-9-28-25)18-7-8-22-23(16-18)30-24(29-22)21(27)15-17-4-2-5-19(26)14-17/h2-9,14,16,21H,10-13,15,27H2,1H3,(H,29,30)/t21-/m1/s1.